The summed E-state index contributed by atoms with van der Waals surface area (Å²) in [4.78, 5) is 21.8. The van der Waals surface area contributed by atoms with Gasteiger partial charge in [0.25, 0.3) is 11.9 Å². The number of hydrogen-bond donors (Lipinski definition) is 0. The number of carbonyl (C=O) groups is 1. The maximum Gasteiger partial charge on any atom is 0.259 e. The normalized spacial score (nSPS) is 17.0. The molecule has 0 fully saturated rings. The fraction of sp³-hybridized carbons (Fsp3) is 0.238. The van der Waals surface area contributed by atoms with E-state index in [0.717, 1.165) is 22.7 Å². The van der Waals surface area contributed by atoms with Crippen LogP contribution in [0, 0.1) is 19.8 Å². The third kappa shape index (κ3) is 2.86. The molecule has 5 nitrogen and oxygen atoms in total. The average molecular weight is 344 g/mol. The second-order valence-electron chi connectivity index (χ2n) is 6.74. The number of aryl methyl sites for hydroxylation is 2. The van der Waals surface area contributed by atoms with Gasteiger partial charge in [-0.2, -0.15) is 10.1 Å². The lowest BCUT2D eigenvalue weighted by atomic mass is 9.92. The van der Waals surface area contributed by atoms with Crippen LogP contribution in [0.3, 0.4) is 0 Å². The Labute approximate surface area is 152 Å². The zero-order chi connectivity index (χ0) is 18.3. The summed E-state index contributed by atoms with van der Waals surface area (Å²) in [6.07, 6.45) is 0.622. The maximum absolute atomic E-state index is 13.0. The molecule has 0 aliphatic carbocycles. The summed E-state index contributed by atoms with van der Waals surface area (Å²) in [5.41, 5.74) is 3.60. The Morgan fingerprint density at radius 2 is 1.65 bits per heavy atom. The molecule has 5 heteroatoms. The third-order valence-corrected chi connectivity index (χ3v) is 4.73. The summed E-state index contributed by atoms with van der Waals surface area (Å²) in [7, 11) is 0. The van der Waals surface area contributed by atoms with Crippen LogP contribution in [0.1, 0.15) is 23.9 Å². The van der Waals surface area contributed by atoms with Crippen LogP contribution in [-0.4, -0.2) is 21.6 Å². The summed E-state index contributed by atoms with van der Waals surface area (Å²) in [6.45, 7) is 5.68. The molecule has 0 radical (unpaired) electrons. The van der Waals surface area contributed by atoms with Crippen molar-refractivity contribution in [3.8, 4) is 0 Å². The van der Waals surface area contributed by atoms with Crippen LogP contribution in [0.5, 0.6) is 0 Å². The van der Waals surface area contributed by atoms with E-state index in [0.29, 0.717) is 12.4 Å². The minimum absolute atomic E-state index is 0.0690. The Bertz CT molecular complexity index is 1020. The first kappa shape index (κ1) is 16.4. The topological polar surface area (TPSA) is 58.5 Å². The van der Waals surface area contributed by atoms with E-state index < -0.39 is 0 Å². The molecular formula is C21H20N4O. The largest absolute Gasteiger partial charge is 0.272 e. The molecule has 26 heavy (non-hydrogen) atoms. The molecule has 1 unspecified atom stereocenters. The van der Waals surface area contributed by atoms with Gasteiger partial charge >= 0.3 is 0 Å². The predicted octanol–water partition coefficient (Wildman–Crippen LogP) is 3.83. The molecular weight excluding hydrogens is 324 g/mol. The van der Waals surface area contributed by atoms with Gasteiger partial charge in [-0.25, -0.2) is 9.97 Å². The molecule has 4 rings (SSSR count). The quantitative estimate of drug-likeness (QED) is 0.725. The van der Waals surface area contributed by atoms with Crippen molar-refractivity contribution in [2.45, 2.75) is 27.2 Å². The van der Waals surface area contributed by atoms with Gasteiger partial charge in [-0.1, -0.05) is 42.5 Å². The van der Waals surface area contributed by atoms with E-state index >= 15 is 0 Å². The molecule has 130 valence electrons. The van der Waals surface area contributed by atoms with Gasteiger partial charge < -0.3 is 0 Å². The number of carbonyl (C=O) groups excluding carboxylic acids is 1. The van der Waals surface area contributed by atoms with Crippen molar-refractivity contribution in [1.82, 2.24) is 9.97 Å². The van der Waals surface area contributed by atoms with Crippen LogP contribution in [0.4, 0.5) is 5.95 Å². The number of hydrazone groups is 1. The Morgan fingerprint density at radius 1 is 0.962 bits per heavy atom. The molecule has 1 aliphatic heterocycles. The van der Waals surface area contributed by atoms with E-state index in [1.54, 1.807) is 0 Å². The Balaban J connectivity index is 1.66. The number of benzene rings is 2. The van der Waals surface area contributed by atoms with Gasteiger partial charge in [-0.15, -0.1) is 0 Å². The zero-order valence-corrected chi connectivity index (χ0v) is 15.1. The molecule has 0 saturated carbocycles. The summed E-state index contributed by atoms with van der Waals surface area (Å²) in [5, 5.41) is 8.17. The molecule has 0 saturated heterocycles. The number of rotatable bonds is 3. The lowest BCUT2D eigenvalue weighted by Gasteiger charge is -2.14. The lowest BCUT2D eigenvalue weighted by molar-refractivity contribution is -0.119. The predicted molar refractivity (Wildman–Crippen MR) is 103 cm³/mol. The van der Waals surface area contributed by atoms with E-state index in [1.807, 2.05) is 45.0 Å². The Morgan fingerprint density at radius 3 is 2.42 bits per heavy atom. The minimum atomic E-state index is -0.287. The number of anilines is 1. The van der Waals surface area contributed by atoms with Crippen molar-refractivity contribution in [2.24, 2.45) is 11.0 Å². The first-order valence-corrected chi connectivity index (χ1v) is 8.71. The monoisotopic (exact) mass is 344 g/mol. The highest BCUT2D eigenvalue weighted by Crippen LogP contribution is 2.27. The molecule has 2 heterocycles. The highest BCUT2D eigenvalue weighted by atomic mass is 16.2. The van der Waals surface area contributed by atoms with Crippen molar-refractivity contribution in [3.05, 3.63) is 65.5 Å². The molecule has 0 spiro atoms. The zero-order valence-electron chi connectivity index (χ0n) is 15.1. The van der Waals surface area contributed by atoms with Gasteiger partial charge in [-0.3, -0.25) is 4.79 Å². The SMILES string of the molecule is CC1=NN(c2nc(C)cc(C)n2)C(=O)C1Cc1cccc2ccccc12. The average Bonchev–Trinajstić information content (AvgIpc) is 2.89. The van der Waals surface area contributed by atoms with Crippen molar-refractivity contribution in [2.75, 3.05) is 5.01 Å². The van der Waals surface area contributed by atoms with E-state index in [9.17, 15) is 4.79 Å². The summed E-state index contributed by atoms with van der Waals surface area (Å²) >= 11 is 0. The van der Waals surface area contributed by atoms with E-state index in [1.165, 1.54) is 15.8 Å². The van der Waals surface area contributed by atoms with E-state index in [2.05, 4.69) is 39.3 Å². The van der Waals surface area contributed by atoms with E-state index in [4.69, 9.17) is 0 Å². The highest BCUT2D eigenvalue weighted by Gasteiger charge is 2.36. The van der Waals surface area contributed by atoms with Crippen LogP contribution in [0.15, 0.2) is 53.6 Å². The Kier molecular flexibility index (Phi) is 3.99. The smallest absolute Gasteiger partial charge is 0.259 e. The molecule has 1 aliphatic rings. The lowest BCUT2D eigenvalue weighted by Crippen LogP contribution is -2.30. The van der Waals surface area contributed by atoms with Gasteiger partial charge in [0.15, 0.2) is 0 Å². The fourth-order valence-electron chi connectivity index (χ4n) is 3.47. The highest BCUT2D eigenvalue weighted by molar-refractivity contribution is 6.14. The van der Waals surface area contributed by atoms with Crippen LogP contribution >= 0.6 is 0 Å². The third-order valence-electron chi connectivity index (χ3n) is 4.73. The van der Waals surface area contributed by atoms with Crippen molar-refractivity contribution < 1.29 is 4.79 Å². The van der Waals surface area contributed by atoms with Gasteiger partial charge in [0.1, 0.15) is 0 Å². The first-order valence-electron chi connectivity index (χ1n) is 8.71. The molecule has 3 aromatic rings. The molecule has 0 bridgehead atoms. The molecule has 2 aromatic carbocycles. The summed E-state index contributed by atoms with van der Waals surface area (Å²) in [5.74, 6) is -0.00192. The van der Waals surface area contributed by atoms with Crippen LogP contribution in [-0.2, 0) is 11.2 Å². The summed E-state index contributed by atoms with van der Waals surface area (Å²) in [6, 6.07) is 16.3. The molecule has 0 N–H and O–H groups in total. The van der Waals surface area contributed by atoms with Crippen LogP contribution in [0.2, 0.25) is 0 Å². The fourth-order valence-corrected chi connectivity index (χ4v) is 3.47. The molecule has 1 aromatic heterocycles. The van der Waals surface area contributed by atoms with Crippen molar-refractivity contribution >= 4 is 28.3 Å². The number of fused-ring (bicyclic) bond motifs is 1. The molecule has 1 atom stereocenters. The summed E-state index contributed by atoms with van der Waals surface area (Å²) < 4.78 is 0. The number of nitrogens with zero attached hydrogens (tertiary/aromatic N) is 4. The standard InChI is InChI=1S/C21H20N4O/c1-13-11-14(2)23-21(22-13)25-20(26)19(15(3)24-25)12-17-9-6-8-16-7-4-5-10-18(16)17/h4-11,19H,12H2,1-3H3. The van der Waals surface area contributed by atoms with Crippen LogP contribution in [0.25, 0.3) is 10.8 Å². The van der Waals surface area contributed by atoms with Gasteiger partial charge in [0.05, 0.1) is 5.92 Å². The molecule has 1 amide bonds. The van der Waals surface area contributed by atoms with Gasteiger partial charge in [0.2, 0.25) is 0 Å². The second-order valence-corrected chi connectivity index (χ2v) is 6.74. The van der Waals surface area contributed by atoms with Crippen molar-refractivity contribution in [1.29, 1.82) is 0 Å². The van der Waals surface area contributed by atoms with Gasteiger partial charge in [-0.05, 0) is 49.6 Å². The van der Waals surface area contributed by atoms with Crippen LogP contribution < -0.4 is 5.01 Å². The van der Waals surface area contributed by atoms with Gasteiger partial charge in [0, 0.05) is 17.1 Å². The number of hydrogen-bond acceptors (Lipinski definition) is 4. The van der Waals surface area contributed by atoms with Crippen molar-refractivity contribution in [3.63, 3.8) is 0 Å². The second kappa shape index (κ2) is 6.33. The Hall–Kier alpha value is -3.08. The number of amides is 1. The minimum Gasteiger partial charge on any atom is -0.272 e. The van der Waals surface area contributed by atoms with E-state index in [-0.39, 0.29) is 11.8 Å². The maximum atomic E-state index is 13.0. The number of aromatic nitrogens is 2. The first-order chi connectivity index (χ1) is 12.5.